The fraction of sp³-hybridized carbons (Fsp3) is 0.611. The van der Waals surface area contributed by atoms with Gasteiger partial charge in [-0.05, 0) is 87.1 Å². The molecule has 0 atom stereocenters. The summed E-state index contributed by atoms with van der Waals surface area (Å²) in [6.45, 7) is 0. The lowest BCUT2D eigenvalue weighted by Crippen LogP contribution is -2.38. The van der Waals surface area contributed by atoms with Gasteiger partial charge in [0.1, 0.15) is 0 Å². The number of carbonyl (C=O) groups excluding carboxylic acids is 2. The quantitative estimate of drug-likeness (QED) is 0.166. The highest BCUT2D eigenvalue weighted by molar-refractivity contribution is 7.89. The Kier molecular flexibility index (Phi) is 14.5. The number of hydrogen-bond acceptors (Lipinski definition) is 6. The van der Waals surface area contributed by atoms with E-state index in [0.717, 1.165) is 103 Å². The molecule has 2 aromatic carbocycles. The zero-order valence-electron chi connectivity index (χ0n) is 28.7. The fourth-order valence-electron chi connectivity index (χ4n) is 6.76. The highest BCUT2D eigenvalue weighted by Gasteiger charge is 2.30. The molecule has 10 nitrogen and oxygen atoms in total. The molecule has 2 N–H and O–H groups in total. The van der Waals surface area contributed by atoms with Gasteiger partial charge < -0.3 is 10.6 Å². The Balaban J connectivity index is 1.06. The van der Waals surface area contributed by atoms with E-state index in [2.05, 4.69) is 10.6 Å². The molecular formula is C36H54N4O6S2. The molecule has 0 aliphatic heterocycles. The van der Waals surface area contributed by atoms with Gasteiger partial charge in [0.05, 0.1) is 9.79 Å². The lowest BCUT2D eigenvalue weighted by atomic mass is 9.96. The van der Waals surface area contributed by atoms with Crippen molar-refractivity contribution in [2.75, 3.05) is 24.7 Å². The molecule has 0 unspecified atom stereocenters. The molecule has 0 saturated heterocycles. The summed E-state index contributed by atoms with van der Waals surface area (Å²) in [4.78, 5) is 25.3. The molecule has 2 aliphatic carbocycles. The minimum atomic E-state index is -3.56. The topological polar surface area (TPSA) is 133 Å². The third kappa shape index (κ3) is 10.9. The van der Waals surface area contributed by atoms with Crippen LogP contribution in [0.25, 0.3) is 0 Å². The second-order valence-electron chi connectivity index (χ2n) is 13.4. The Morgan fingerprint density at radius 2 is 0.854 bits per heavy atom. The number of anilines is 2. The van der Waals surface area contributed by atoms with E-state index in [1.807, 2.05) is 0 Å². The Hall–Kier alpha value is -2.80. The van der Waals surface area contributed by atoms with Crippen LogP contribution < -0.4 is 10.6 Å². The average molecular weight is 703 g/mol. The molecule has 2 amide bonds. The lowest BCUT2D eigenvalue weighted by Gasteiger charge is -2.30. The van der Waals surface area contributed by atoms with Crippen LogP contribution in [0.5, 0.6) is 0 Å². The van der Waals surface area contributed by atoms with E-state index in [0.29, 0.717) is 24.2 Å². The van der Waals surface area contributed by atoms with E-state index in [-0.39, 0.29) is 33.7 Å². The third-order valence-electron chi connectivity index (χ3n) is 9.87. The molecule has 2 aromatic rings. The number of rotatable bonds is 17. The number of nitrogens with zero attached hydrogens (tertiary/aromatic N) is 2. The molecule has 266 valence electrons. The summed E-state index contributed by atoms with van der Waals surface area (Å²) in [7, 11) is -3.80. The molecule has 48 heavy (non-hydrogen) atoms. The number of benzene rings is 2. The van der Waals surface area contributed by atoms with Crippen molar-refractivity contribution in [3.05, 3.63) is 48.5 Å². The van der Waals surface area contributed by atoms with Crippen molar-refractivity contribution in [3.63, 3.8) is 0 Å². The van der Waals surface area contributed by atoms with Crippen LogP contribution >= 0.6 is 0 Å². The lowest BCUT2D eigenvalue weighted by molar-refractivity contribution is -0.117. The van der Waals surface area contributed by atoms with Crippen LogP contribution in [0.4, 0.5) is 11.4 Å². The van der Waals surface area contributed by atoms with Crippen LogP contribution in [0.2, 0.25) is 0 Å². The van der Waals surface area contributed by atoms with Gasteiger partial charge in [-0.15, -0.1) is 0 Å². The van der Waals surface area contributed by atoms with Gasteiger partial charge in [0, 0.05) is 50.4 Å². The normalized spacial score (nSPS) is 16.7. The number of unbranched alkanes of at least 4 members (excludes halogenated alkanes) is 5. The number of sulfonamides is 2. The van der Waals surface area contributed by atoms with Crippen molar-refractivity contribution >= 4 is 43.2 Å². The van der Waals surface area contributed by atoms with E-state index in [1.165, 1.54) is 8.61 Å². The summed E-state index contributed by atoms with van der Waals surface area (Å²) >= 11 is 0. The molecule has 0 bridgehead atoms. The molecule has 0 aromatic heterocycles. The van der Waals surface area contributed by atoms with E-state index < -0.39 is 20.0 Å². The first-order valence-electron chi connectivity index (χ1n) is 17.7. The van der Waals surface area contributed by atoms with Crippen LogP contribution in [-0.4, -0.2) is 63.4 Å². The molecule has 2 aliphatic rings. The van der Waals surface area contributed by atoms with Crippen LogP contribution in [0.1, 0.15) is 116 Å². The summed E-state index contributed by atoms with van der Waals surface area (Å²) < 4.78 is 55.2. The number of hydrogen-bond donors (Lipinski definition) is 2. The average Bonchev–Trinajstić information content (AvgIpc) is 3.10. The van der Waals surface area contributed by atoms with Crippen LogP contribution in [0, 0.1) is 0 Å². The zero-order chi connectivity index (χ0) is 34.6. The first kappa shape index (κ1) is 38.0. The summed E-state index contributed by atoms with van der Waals surface area (Å²) in [5, 5.41) is 5.72. The summed E-state index contributed by atoms with van der Waals surface area (Å²) in [5.74, 6) is -0.188. The molecule has 0 spiro atoms. The minimum Gasteiger partial charge on any atom is -0.326 e. The predicted octanol–water partition coefficient (Wildman–Crippen LogP) is 7.29. The Labute approximate surface area is 288 Å². The summed E-state index contributed by atoms with van der Waals surface area (Å²) in [6.07, 6.45) is 16.2. The fourth-order valence-corrected chi connectivity index (χ4v) is 9.59. The van der Waals surface area contributed by atoms with Gasteiger partial charge in [0.25, 0.3) is 0 Å². The summed E-state index contributed by atoms with van der Waals surface area (Å²) in [6, 6.07) is 12.9. The van der Waals surface area contributed by atoms with Crippen molar-refractivity contribution < 1.29 is 26.4 Å². The Morgan fingerprint density at radius 1 is 0.542 bits per heavy atom. The predicted molar refractivity (Wildman–Crippen MR) is 191 cm³/mol. The molecule has 2 fully saturated rings. The maximum Gasteiger partial charge on any atom is 0.243 e. The SMILES string of the molecule is CN(C1CCCCC1)S(=O)(=O)c1ccc(NC(=O)CCCCCCCCC(=O)Nc2ccc(S(=O)(=O)N(C)C3CCCCC3)cc2)cc1. The minimum absolute atomic E-state index is 0.0470. The Morgan fingerprint density at radius 3 is 1.19 bits per heavy atom. The Bertz CT molecular complexity index is 1420. The molecule has 0 radical (unpaired) electrons. The molecule has 4 rings (SSSR count). The summed E-state index contributed by atoms with van der Waals surface area (Å²) in [5.41, 5.74) is 1.17. The van der Waals surface area contributed by atoms with Crippen LogP contribution in [-0.2, 0) is 29.6 Å². The van der Waals surface area contributed by atoms with Gasteiger partial charge in [-0.3, -0.25) is 9.59 Å². The molecular weight excluding hydrogens is 649 g/mol. The van der Waals surface area contributed by atoms with Gasteiger partial charge in [-0.2, -0.15) is 8.61 Å². The highest BCUT2D eigenvalue weighted by atomic mass is 32.2. The maximum atomic E-state index is 13.0. The number of nitrogens with one attached hydrogen (secondary N) is 2. The van der Waals surface area contributed by atoms with Crippen molar-refractivity contribution in [1.29, 1.82) is 0 Å². The van der Waals surface area contributed by atoms with Gasteiger partial charge in [-0.25, -0.2) is 16.8 Å². The van der Waals surface area contributed by atoms with E-state index in [4.69, 9.17) is 0 Å². The van der Waals surface area contributed by atoms with Crippen molar-refractivity contribution in [3.8, 4) is 0 Å². The molecule has 2 saturated carbocycles. The second-order valence-corrected chi connectivity index (χ2v) is 17.4. The van der Waals surface area contributed by atoms with Crippen LogP contribution in [0.15, 0.2) is 58.3 Å². The van der Waals surface area contributed by atoms with Gasteiger partial charge >= 0.3 is 0 Å². The van der Waals surface area contributed by atoms with E-state index in [9.17, 15) is 26.4 Å². The maximum absolute atomic E-state index is 13.0. The number of carbonyl (C=O) groups is 2. The second kappa shape index (κ2) is 18.3. The monoisotopic (exact) mass is 702 g/mol. The van der Waals surface area contributed by atoms with Crippen molar-refractivity contribution in [2.45, 2.75) is 137 Å². The van der Waals surface area contributed by atoms with Gasteiger partial charge in [-0.1, -0.05) is 64.2 Å². The van der Waals surface area contributed by atoms with E-state index >= 15 is 0 Å². The standard InChI is InChI=1S/C36H54N4O6S2/c1-39(31-15-9-7-10-16-31)47(43,44)33-25-21-29(22-26-33)37-35(41)19-13-5-3-4-6-14-20-36(42)38-30-23-27-34(28-24-30)48(45,46)40(2)32-17-11-8-12-18-32/h21-28,31-32H,3-20H2,1-2H3,(H,37,41)(H,38,42). The zero-order valence-corrected chi connectivity index (χ0v) is 30.3. The first-order chi connectivity index (χ1) is 23.0. The molecule has 12 heteroatoms. The van der Waals surface area contributed by atoms with Gasteiger partial charge in [0.15, 0.2) is 0 Å². The van der Waals surface area contributed by atoms with Crippen molar-refractivity contribution in [2.24, 2.45) is 0 Å². The van der Waals surface area contributed by atoms with E-state index in [1.54, 1.807) is 62.6 Å². The largest absolute Gasteiger partial charge is 0.326 e. The highest BCUT2D eigenvalue weighted by Crippen LogP contribution is 2.28. The van der Waals surface area contributed by atoms with Crippen LogP contribution in [0.3, 0.4) is 0 Å². The molecule has 0 heterocycles. The smallest absolute Gasteiger partial charge is 0.243 e. The number of amides is 2. The first-order valence-corrected chi connectivity index (χ1v) is 20.6. The van der Waals surface area contributed by atoms with Crippen molar-refractivity contribution in [1.82, 2.24) is 8.61 Å². The third-order valence-corrected chi connectivity index (χ3v) is 13.7. The van der Waals surface area contributed by atoms with Gasteiger partial charge in [0.2, 0.25) is 31.9 Å².